The van der Waals surface area contributed by atoms with Crippen molar-refractivity contribution in [3.63, 3.8) is 0 Å². The van der Waals surface area contributed by atoms with Gasteiger partial charge in [0.2, 0.25) is 0 Å². The maximum atomic E-state index is 5.65. The van der Waals surface area contributed by atoms with Gasteiger partial charge in [-0.3, -0.25) is 0 Å². The molecule has 0 saturated carbocycles. The number of nitrogens with one attached hydrogen (secondary N) is 1. The lowest BCUT2D eigenvalue weighted by Gasteiger charge is -2.40. The van der Waals surface area contributed by atoms with E-state index in [4.69, 9.17) is 4.74 Å². The molecule has 1 N–H and O–H groups in total. The van der Waals surface area contributed by atoms with Gasteiger partial charge in [-0.2, -0.15) is 0 Å². The van der Waals surface area contributed by atoms with Gasteiger partial charge in [0.05, 0.1) is 0 Å². The summed E-state index contributed by atoms with van der Waals surface area (Å²) in [5, 5.41) is 3.66. The minimum Gasteiger partial charge on any atom is -0.382 e. The normalized spacial score (nSPS) is 21.7. The maximum absolute atomic E-state index is 5.65. The summed E-state index contributed by atoms with van der Waals surface area (Å²) < 4.78 is 5.65. The van der Waals surface area contributed by atoms with Gasteiger partial charge < -0.3 is 10.1 Å². The molecule has 1 aromatic carbocycles. The Hall–Kier alpha value is -0.860. The summed E-state index contributed by atoms with van der Waals surface area (Å²) in [4.78, 5) is 0. The van der Waals surface area contributed by atoms with Gasteiger partial charge >= 0.3 is 0 Å². The van der Waals surface area contributed by atoms with Gasteiger partial charge in [-0.1, -0.05) is 31.2 Å². The molecule has 0 aliphatic heterocycles. The van der Waals surface area contributed by atoms with E-state index in [9.17, 15) is 0 Å². The summed E-state index contributed by atoms with van der Waals surface area (Å²) >= 11 is 0. The zero-order valence-electron chi connectivity index (χ0n) is 13.1. The summed E-state index contributed by atoms with van der Waals surface area (Å²) in [7, 11) is 0. The number of aryl methyl sites for hydroxylation is 1. The van der Waals surface area contributed by atoms with Gasteiger partial charge in [0.1, 0.15) is 0 Å². The van der Waals surface area contributed by atoms with Gasteiger partial charge in [-0.05, 0) is 56.7 Å². The maximum Gasteiger partial charge on any atom is 0.0474 e. The van der Waals surface area contributed by atoms with E-state index in [0.29, 0.717) is 0 Å². The molecule has 0 spiro atoms. The monoisotopic (exact) mass is 275 g/mol. The van der Waals surface area contributed by atoms with Crippen molar-refractivity contribution in [3.05, 3.63) is 35.4 Å². The van der Waals surface area contributed by atoms with Crippen LogP contribution in [0.1, 0.15) is 50.7 Å². The second-order valence-electron chi connectivity index (χ2n) is 5.91. The molecule has 0 heterocycles. The predicted molar refractivity (Wildman–Crippen MR) is 85.3 cm³/mol. The lowest BCUT2D eigenvalue weighted by atomic mass is 9.68. The molecule has 2 nitrogen and oxygen atoms in total. The first-order chi connectivity index (χ1) is 9.82. The van der Waals surface area contributed by atoms with Crippen LogP contribution < -0.4 is 5.32 Å². The second kappa shape index (κ2) is 7.80. The lowest BCUT2D eigenvalue weighted by molar-refractivity contribution is 0.119. The van der Waals surface area contributed by atoms with Gasteiger partial charge in [-0.15, -0.1) is 0 Å². The van der Waals surface area contributed by atoms with E-state index in [1.807, 2.05) is 0 Å². The van der Waals surface area contributed by atoms with Crippen molar-refractivity contribution in [2.24, 2.45) is 0 Å². The predicted octanol–water partition coefficient (Wildman–Crippen LogP) is 3.69. The Balaban J connectivity index is 2.17. The first kappa shape index (κ1) is 15.5. The molecule has 0 amide bonds. The molecule has 2 heteroatoms. The van der Waals surface area contributed by atoms with E-state index >= 15 is 0 Å². The van der Waals surface area contributed by atoms with Gasteiger partial charge in [-0.25, -0.2) is 0 Å². The Bertz CT molecular complexity index is 392. The zero-order chi connectivity index (χ0) is 14.3. The molecular formula is C18H29NO. The molecule has 1 aromatic rings. The van der Waals surface area contributed by atoms with Crippen molar-refractivity contribution in [1.29, 1.82) is 0 Å². The fraction of sp³-hybridized carbons (Fsp3) is 0.667. The van der Waals surface area contributed by atoms with Crippen molar-refractivity contribution >= 4 is 0 Å². The quantitative estimate of drug-likeness (QED) is 0.731. The topological polar surface area (TPSA) is 21.3 Å². The van der Waals surface area contributed by atoms with Crippen LogP contribution in [0.3, 0.4) is 0 Å². The molecule has 0 radical (unpaired) electrons. The molecule has 112 valence electrons. The molecule has 0 aromatic heterocycles. The minimum atomic E-state index is 0.277. The van der Waals surface area contributed by atoms with Crippen LogP contribution in [0.25, 0.3) is 0 Å². The number of ether oxygens (including phenoxy) is 1. The summed E-state index contributed by atoms with van der Waals surface area (Å²) in [5.41, 5.74) is 3.39. The smallest absolute Gasteiger partial charge is 0.0474 e. The van der Waals surface area contributed by atoms with Crippen LogP contribution in [0.4, 0.5) is 0 Å². The van der Waals surface area contributed by atoms with Crippen molar-refractivity contribution in [2.75, 3.05) is 26.3 Å². The van der Waals surface area contributed by atoms with Gasteiger partial charge in [0.15, 0.2) is 0 Å². The SMILES string of the molecule is CCCNCC1(CCOCC)CCCc2ccccc21. The molecular weight excluding hydrogens is 246 g/mol. The minimum absolute atomic E-state index is 0.277. The van der Waals surface area contributed by atoms with Crippen LogP contribution in [0.5, 0.6) is 0 Å². The molecule has 1 unspecified atom stereocenters. The Morgan fingerprint density at radius 1 is 1.25 bits per heavy atom. The van der Waals surface area contributed by atoms with Crippen LogP contribution in [0.15, 0.2) is 24.3 Å². The largest absolute Gasteiger partial charge is 0.382 e. The number of fused-ring (bicyclic) bond motifs is 1. The number of benzene rings is 1. The molecule has 1 aliphatic rings. The molecule has 1 atom stereocenters. The van der Waals surface area contributed by atoms with Crippen LogP contribution in [0.2, 0.25) is 0 Å². The number of hydrogen-bond donors (Lipinski definition) is 1. The Morgan fingerprint density at radius 2 is 2.10 bits per heavy atom. The Morgan fingerprint density at radius 3 is 2.90 bits per heavy atom. The van der Waals surface area contributed by atoms with E-state index in [2.05, 4.69) is 43.4 Å². The van der Waals surface area contributed by atoms with E-state index in [1.165, 1.54) is 25.7 Å². The summed E-state index contributed by atoms with van der Waals surface area (Å²) in [6.45, 7) is 8.20. The third-order valence-corrected chi connectivity index (χ3v) is 4.51. The van der Waals surface area contributed by atoms with Crippen molar-refractivity contribution < 1.29 is 4.74 Å². The van der Waals surface area contributed by atoms with Crippen molar-refractivity contribution in [3.8, 4) is 0 Å². The highest BCUT2D eigenvalue weighted by atomic mass is 16.5. The first-order valence-corrected chi connectivity index (χ1v) is 8.19. The van der Waals surface area contributed by atoms with Crippen molar-refractivity contribution in [2.45, 2.75) is 51.4 Å². The highest BCUT2D eigenvalue weighted by molar-refractivity contribution is 5.37. The summed E-state index contributed by atoms with van der Waals surface area (Å²) in [5.74, 6) is 0. The Kier molecular flexibility index (Phi) is 6.06. The molecule has 2 rings (SSSR count). The zero-order valence-corrected chi connectivity index (χ0v) is 13.1. The number of hydrogen-bond acceptors (Lipinski definition) is 2. The summed E-state index contributed by atoms with van der Waals surface area (Å²) in [6, 6.07) is 9.02. The average molecular weight is 275 g/mol. The molecule has 0 bridgehead atoms. The molecule has 1 aliphatic carbocycles. The van der Waals surface area contributed by atoms with Gasteiger partial charge in [0, 0.05) is 25.2 Å². The third-order valence-electron chi connectivity index (χ3n) is 4.51. The van der Waals surface area contributed by atoms with Crippen LogP contribution in [-0.4, -0.2) is 26.3 Å². The van der Waals surface area contributed by atoms with Crippen molar-refractivity contribution in [1.82, 2.24) is 5.32 Å². The summed E-state index contributed by atoms with van der Waals surface area (Å²) in [6.07, 6.45) is 6.16. The van der Waals surface area contributed by atoms with Gasteiger partial charge in [0.25, 0.3) is 0 Å². The molecule has 0 saturated heterocycles. The van der Waals surface area contributed by atoms with E-state index in [0.717, 1.165) is 32.7 Å². The van der Waals surface area contributed by atoms with E-state index in [-0.39, 0.29) is 5.41 Å². The first-order valence-electron chi connectivity index (χ1n) is 8.19. The lowest BCUT2D eigenvalue weighted by Crippen LogP contribution is -2.42. The van der Waals surface area contributed by atoms with Crippen LogP contribution in [0, 0.1) is 0 Å². The Labute approximate surface area is 123 Å². The molecule has 20 heavy (non-hydrogen) atoms. The van der Waals surface area contributed by atoms with Crippen LogP contribution >= 0.6 is 0 Å². The van der Waals surface area contributed by atoms with Crippen LogP contribution in [-0.2, 0) is 16.6 Å². The number of rotatable bonds is 8. The fourth-order valence-electron chi connectivity index (χ4n) is 3.46. The van der Waals surface area contributed by atoms with E-state index < -0.39 is 0 Å². The average Bonchev–Trinajstić information content (AvgIpc) is 2.48. The molecule has 0 fully saturated rings. The highest BCUT2D eigenvalue weighted by Gasteiger charge is 2.35. The standard InChI is InChI=1S/C18H29NO/c1-3-13-19-15-18(12-14-20-4-2)11-7-9-16-8-5-6-10-17(16)18/h5-6,8,10,19H,3-4,7,9,11-15H2,1-2H3. The fourth-order valence-corrected chi connectivity index (χ4v) is 3.46. The van der Waals surface area contributed by atoms with E-state index in [1.54, 1.807) is 11.1 Å². The highest BCUT2D eigenvalue weighted by Crippen LogP contribution is 2.39. The second-order valence-corrected chi connectivity index (χ2v) is 5.91. The third kappa shape index (κ3) is 3.62.